The maximum absolute atomic E-state index is 12.8. The van der Waals surface area contributed by atoms with Crippen molar-refractivity contribution < 1.29 is 13.2 Å². The second kappa shape index (κ2) is 6.52. The Morgan fingerprint density at radius 3 is 2.62 bits per heavy atom. The molecule has 1 saturated heterocycles. The molecular formula is C15H17ClN4O3S. The van der Waals surface area contributed by atoms with Crippen molar-refractivity contribution in [3.63, 3.8) is 0 Å². The standard InChI is InChI=1S/C15H17ClN4O3S/c1-19-15(16)17-13(18-19)14(21)20(9-11-5-3-2-4-6-11)12-7-8-24(22,23)10-12/h2-6,12H,7-10H2,1H3. The maximum Gasteiger partial charge on any atom is 0.294 e. The Balaban J connectivity index is 1.90. The van der Waals surface area contributed by atoms with Gasteiger partial charge in [0.1, 0.15) is 0 Å². The smallest absolute Gasteiger partial charge is 0.294 e. The third-order valence-electron chi connectivity index (χ3n) is 4.01. The van der Waals surface area contributed by atoms with Crippen LogP contribution in [-0.2, 0) is 23.4 Å². The van der Waals surface area contributed by atoms with E-state index in [1.54, 1.807) is 7.05 Å². The minimum absolute atomic E-state index is 0.0253. The average molecular weight is 369 g/mol. The Morgan fingerprint density at radius 1 is 1.38 bits per heavy atom. The average Bonchev–Trinajstić information content (AvgIpc) is 3.07. The van der Waals surface area contributed by atoms with Gasteiger partial charge in [0.15, 0.2) is 9.84 Å². The summed E-state index contributed by atoms with van der Waals surface area (Å²) in [6.07, 6.45) is 0.418. The Bertz CT molecular complexity index is 831. The summed E-state index contributed by atoms with van der Waals surface area (Å²) in [6, 6.07) is 9.03. The number of aromatic nitrogens is 3. The van der Waals surface area contributed by atoms with Crippen LogP contribution >= 0.6 is 11.6 Å². The first-order valence-corrected chi connectivity index (χ1v) is 9.67. The molecule has 7 nitrogen and oxygen atoms in total. The molecule has 0 radical (unpaired) electrons. The first-order chi connectivity index (χ1) is 11.4. The molecule has 1 amide bonds. The Morgan fingerprint density at radius 2 is 2.08 bits per heavy atom. The molecule has 9 heteroatoms. The van der Waals surface area contributed by atoms with E-state index in [0.29, 0.717) is 13.0 Å². The van der Waals surface area contributed by atoms with Crippen molar-refractivity contribution in [3.05, 3.63) is 47.0 Å². The summed E-state index contributed by atoms with van der Waals surface area (Å²) >= 11 is 5.87. The molecule has 1 fully saturated rings. The van der Waals surface area contributed by atoms with E-state index in [9.17, 15) is 13.2 Å². The number of amides is 1. The third-order valence-corrected chi connectivity index (χ3v) is 6.09. The lowest BCUT2D eigenvalue weighted by molar-refractivity contribution is 0.0668. The second-order valence-corrected chi connectivity index (χ2v) is 8.37. The fourth-order valence-corrected chi connectivity index (χ4v) is 4.60. The highest BCUT2D eigenvalue weighted by Gasteiger charge is 2.36. The van der Waals surface area contributed by atoms with Gasteiger partial charge in [0, 0.05) is 19.6 Å². The zero-order valence-electron chi connectivity index (χ0n) is 13.1. The highest BCUT2D eigenvalue weighted by molar-refractivity contribution is 7.91. The Hall–Kier alpha value is -1.93. The molecule has 2 heterocycles. The zero-order valence-corrected chi connectivity index (χ0v) is 14.7. The molecule has 1 aromatic carbocycles. The van der Waals surface area contributed by atoms with E-state index in [1.165, 1.54) is 9.58 Å². The number of aryl methyl sites for hydroxylation is 1. The summed E-state index contributed by atoms with van der Waals surface area (Å²) < 4.78 is 24.9. The van der Waals surface area contributed by atoms with Crippen molar-refractivity contribution in [2.45, 2.75) is 19.0 Å². The second-order valence-electron chi connectivity index (χ2n) is 5.80. The van der Waals surface area contributed by atoms with Gasteiger partial charge >= 0.3 is 0 Å². The van der Waals surface area contributed by atoms with Gasteiger partial charge in [-0.1, -0.05) is 30.3 Å². The van der Waals surface area contributed by atoms with E-state index < -0.39 is 15.7 Å². The first-order valence-electron chi connectivity index (χ1n) is 7.47. The van der Waals surface area contributed by atoms with Crippen LogP contribution in [0.3, 0.4) is 0 Å². The normalized spacial score (nSPS) is 19.3. The van der Waals surface area contributed by atoms with Gasteiger partial charge in [0.2, 0.25) is 11.1 Å². The van der Waals surface area contributed by atoms with Gasteiger partial charge in [-0.15, -0.1) is 5.10 Å². The fourth-order valence-electron chi connectivity index (χ4n) is 2.75. The number of carbonyl (C=O) groups is 1. The summed E-state index contributed by atoms with van der Waals surface area (Å²) in [7, 11) is -1.53. The molecule has 24 heavy (non-hydrogen) atoms. The largest absolute Gasteiger partial charge is 0.328 e. The summed E-state index contributed by atoms with van der Waals surface area (Å²) in [5.41, 5.74) is 0.914. The van der Waals surface area contributed by atoms with E-state index >= 15 is 0 Å². The third kappa shape index (κ3) is 3.59. The van der Waals surface area contributed by atoms with Crippen molar-refractivity contribution >= 4 is 27.3 Å². The van der Waals surface area contributed by atoms with Crippen molar-refractivity contribution in [2.75, 3.05) is 11.5 Å². The molecular weight excluding hydrogens is 352 g/mol. The van der Waals surface area contributed by atoms with E-state index in [1.807, 2.05) is 30.3 Å². The lowest BCUT2D eigenvalue weighted by Gasteiger charge is -2.27. The lowest BCUT2D eigenvalue weighted by atomic mass is 10.1. The van der Waals surface area contributed by atoms with Gasteiger partial charge in [-0.2, -0.15) is 4.98 Å². The zero-order chi connectivity index (χ0) is 17.3. The molecule has 1 aromatic heterocycles. The summed E-state index contributed by atoms with van der Waals surface area (Å²) in [4.78, 5) is 18.3. The van der Waals surface area contributed by atoms with E-state index in [-0.39, 0.29) is 28.7 Å². The van der Waals surface area contributed by atoms with Gasteiger partial charge in [-0.3, -0.25) is 4.79 Å². The van der Waals surface area contributed by atoms with Crippen molar-refractivity contribution in [1.82, 2.24) is 19.7 Å². The number of sulfone groups is 1. The number of hydrogen-bond donors (Lipinski definition) is 0. The SMILES string of the molecule is Cn1nc(C(=O)N(Cc2ccccc2)C2CCS(=O)(=O)C2)nc1Cl. The van der Waals surface area contributed by atoms with Crippen LogP contribution < -0.4 is 0 Å². The van der Waals surface area contributed by atoms with Crippen molar-refractivity contribution in [2.24, 2.45) is 7.05 Å². The van der Waals surface area contributed by atoms with Gasteiger partial charge in [0.25, 0.3) is 5.91 Å². The van der Waals surface area contributed by atoms with Gasteiger partial charge in [-0.25, -0.2) is 13.1 Å². The highest BCUT2D eigenvalue weighted by Crippen LogP contribution is 2.22. The summed E-state index contributed by atoms with van der Waals surface area (Å²) in [6.45, 7) is 0.301. The minimum atomic E-state index is -3.12. The lowest BCUT2D eigenvalue weighted by Crippen LogP contribution is -2.41. The predicted molar refractivity (Wildman–Crippen MR) is 89.4 cm³/mol. The van der Waals surface area contributed by atoms with Crippen molar-refractivity contribution in [1.29, 1.82) is 0 Å². The van der Waals surface area contributed by atoms with Crippen LogP contribution in [0, 0.1) is 0 Å². The molecule has 128 valence electrons. The Kier molecular flexibility index (Phi) is 4.60. The minimum Gasteiger partial charge on any atom is -0.328 e. The molecule has 0 saturated carbocycles. The number of rotatable bonds is 4. The van der Waals surface area contributed by atoms with Crippen LogP contribution in [0.25, 0.3) is 0 Å². The van der Waals surface area contributed by atoms with Crippen LogP contribution in [0.1, 0.15) is 22.6 Å². The molecule has 1 atom stereocenters. The van der Waals surface area contributed by atoms with Gasteiger partial charge in [0.05, 0.1) is 11.5 Å². The number of nitrogens with zero attached hydrogens (tertiary/aromatic N) is 4. The maximum atomic E-state index is 12.8. The molecule has 3 rings (SSSR count). The van der Waals surface area contributed by atoms with Crippen LogP contribution in [-0.4, -0.2) is 51.5 Å². The van der Waals surface area contributed by atoms with Gasteiger partial charge < -0.3 is 4.90 Å². The van der Waals surface area contributed by atoms with Crippen LogP contribution in [0.2, 0.25) is 5.28 Å². The summed E-state index contributed by atoms with van der Waals surface area (Å²) in [5, 5.41) is 4.12. The molecule has 0 spiro atoms. The van der Waals surface area contributed by atoms with E-state index in [0.717, 1.165) is 5.56 Å². The van der Waals surface area contributed by atoms with Crippen LogP contribution in [0.4, 0.5) is 0 Å². The fraction of sp³-hybridized carbons (Fsp3) is 0.400. The monoisotopic (exact) mass is 368 g/mol. The number of carbonyl (C=O) groups excluding carboxylic acids is 1. The number of hydrogen-bond acceptors (Lipinski definition) is 5. The highest BCUT2D eigenvalue weighted by atomic mass is 35.5. The number of halogens is 1. The molecule has 1 aliphatic heterocycles. The first kappa shape index (κ1) is 16.9. The van der Waals surface area contributed by atoms with E-state index in [4.69, 9.17) is 11.6 Å². The number of benzene rings is 1. The molecule has 2 aromatic rings. The molecule has 0 aliphatic carbocycles. The molecule has 0 bridgehead atoms. The van der Waals surface area contributed by atoms with Crippen LogP contribution in [0.5, 0.6) is 0 Å². The topological polar surface area (TPSA) is 85.2 Å². The Labute approximate surface area is 145 Å². The molecule has 1 unspecified atom stereocenters. The predicted octanol–water partition coefficient (Wildman–Crippen LogP) is 1.30. The molecule has 0 N–H and O–H groups in total. The van der Waals surface area contributed by atoms with Crippen molar-refractivity contribution in [3.8, 4) is 0 Å². The summed E-state index contributed by atoms with van der Waals surface area (Å²) in [5.74, 6) is -0.384. The van der Waals surface area contributed by atoms with Gasteiger partial charge in [-0.05, 0) is 23.6 Å². The quantitative estimate of drug-likeness (QED) is 0.812. The van der Waals surface area contributed by atoms with Crippen LogP contribution in [0.15, 0.2) is 30.3 Å². The van der Waals surface area contributed by atoms with E-state index in [2.05, 4.69) is 10.1 Å². The molecule has 1 aliphatic rings.